The molecule has 0 aromatic heterocycles. The second kappa shape index (κ2) is 7.25. The van der Waals surface area contributed by atoms with E-state index in [2.05, 4.69) is 21.2 Å². The molecule has 0 bridgehead atoms. The van der Waals surface area contributed by atoms with Gasteiger partial charge in [0.1, 0.15) is 5.75 Å². The zero-order valence-corrected chi connectivity index (χ0v) is 14.6. The van der Waals surface area contributed by atoms with Crippen LogP contribution in [0, 0.1) is 13.8 Å². The fraction of sp³-hybridized carbons (Fsp3) is 0.235. The fourth-order valence-electron chi connectivity index (χ4n) is 2.18. The van der Waals surface area contributed by atoms with Crippen molar-refractivity contribution in [2.75, 3.05) is 11.9 Å². The van der Waals surface area contributed by atoms with Crippen molar-refractivity contribution in [2.24, 2.45) is 0 Å². The van der Waals surface area contributed by atoms with Crippen LogP contribution in [0.5, 0.6) is 5.75 Å². The number of carbonyl (C=O) groups excluding carboxylic acids is 1. The van der Waals surface area contributed by atoms with E-state index in [1.807, 2.05) is 19.9 Å². The van der Waals surface area contributed by atoms with E-state index in [1.165, 1.54) is 12.1 Å². The largest absolute Gasteiger partial charge is 0.484 e. The van der Waals surface area contributed by atoms with Gasteiger partial charge in [0.05, 0.1) is 5.56 Å². The third-order valence-corrected chi connectivity index (χ3v) is 3.81. The SMILES string of the molecule is Cc1cc(C)cc(OCC(=O)Nc2ccc(Br)c(C(F)(F)F)c2)c1. The molecule has 0 unspecified atom stereocenters. The highest BCUT2D eigenvalue weighted by Gasteiger charge is 2.33. The Kier molecular flexibility index (Phi) is 5.54. The number of aryl methyl sites for hydroxylation is 2. The average molecular weight is 402 g/mol. The lowest BCUT2D eigenvalue weighted by molar-refractivity contribution is -0.138. The highest BCUT2D eigenvalue weighted by Crippen LogP contribution is 2.36. The normalized spacial score (nSPS) is 11.2. The molecule has 0 radical (unpaired) electrons. The summed E-state index contributed by atoms with van der Waals surface area (Å²) in [6, 6.07) is 9.02. The van der Waals surface area contributed by atoms with Gasteiger partial charge in [-0.05, 0) is 55.3 Å². The third kappa shape index (κ3) is 4.99. The number of nitrogens with one attached hydrogen (secondary N) is 1. The van der Waals surface area contributed by atoms with Crippen molar-refractivity contribution >= 4 is 27.5 Å². The molecule has 7 heteroatoms. The van der Waals surface area contributed by atoms with E-state index in [4.69, 9.17) is 4.74 Å². The first-order valence-electron chi connectivity index (χ1n) is 7.03. The lowest BCUT2D eigenvalue weighted by atomic mass is 10.1. The second-order valence-electron chi connectivity index (χ2n) is 5.35. The summed E-state index contributed by atoms with van der Waals surface area (Å²) in [5.74, 6) is -0.000886. The molecular formula is C17H15BrF3NO2. The van der Waals surface area contributed by atoms with Crippen molar-refractivity contribution in [3.63, 3.8) is 0 Å². The zero-order chi connectivity index (χ0) is 17.9. The Bertz CT molecular complexity index is 740. The van der Waals surface area contributed by atoms with Crippen molar-refractivity contribution in [3.05, 3.63) is 57.6 Å². The summed E-state index contributed by atoms with van der Waals surface area (Å²) in [5, 5.41) is 2.40. The first-order chi connectivity index (χ1) is 11.1. The molecule has 0 saturated heterocycles. The molecule has 3 nitrogen and oxygen atoms in total. The van der Waals surface area contributed by atoms with Gasteiger partial charge in [-0.1, -0.05) is 22.0 Å². The van der Waals surface area contributed by atoms with E-state index in [-0.39, 0.29) is 16.8 Å². The lowest BCUT2D eigenvalue weighted by Crippen LogP contribution is -2.20. The summed E-state index contributed by atoms with van der Waals surface area (Å²) in [4.78, 5) is 11.9. The van der Waals surface area contributed by atoms with Crippen LogP contribution < -0.4 is 10.1 Å². The Morgan fingerprint density at radius 3 is 2.33 bits per heavy atom. The van der Waals surface area contributed by atoms with Gasteiger partial charge in [-0.25, -0.2) is 0 Å². The van der Waals surface area contributed by atoms with E-state index in [0.717, 1.165) is 17.2 Å². The molecule has 1 N–H and O–H groups in total. The highest BCUT2D eigenvalue weighted by molar-refractivity contribution is 9.10. The molecule has 2 rings (SSSR count). The summed E-state index contributed by atoms with van der Waals surface area (Å²) >= 11 is 2.85. The van der Waals surface area contributed by atoms with Crippen molar-refractivity contribution in [2.45, 2.75) is 20.0 Å². The Balaban J connectivity index is 2.02. The number of ether oxygens (including phenoxy) is 1. The first kappa shape index (κ1) is 18.3. The van der Waals surface area contributed by atoms with Gasteiger partial charge >= 0.3 is 6.18 Å². The lowest BCUT2D eigenvalue weighted by Gasteiger charge is -2.12. The quantitative estimate of drug-likeness (QED) is 0.773. The summed E-state index contributed by atoms with van der Waals surface area (Å²) in [5.41, 5.74) is 1.19. The number of amides is 1. The number of benzene rings is 2. The summed E-state index contributed by atoms with van der Waals surface area (Å²) in [6.45, 7) is 3.52. The maximum absolute atomic E-state index is 12.8. The first-order valence-corrected chi connectivity index (χ1v) is 7.82. The van der Waals surface area contributed by atoms with E-state index in [0.29, 0.717) is 5.75 Å². The molecule has 0 atom stereocenters. The van der Waals surface area contributed by atoms with Crippen LogP contribution >= 0.6 is 15.9 Å². The van der Waals surface area contributed by atoms with Crippen LogP contribution in [-0.4, -0.2) is 12.5 Å². The van der Waals surface area contributed by atoms with Crippen LogP contribution in [0.2, 0.25) is 0 Å². The molecule has 1 amide bonds. The van der Waals surface area contributed by atoms with Gasteiger partial charge in [0, 0.05) is 10.2 Å². The molecule has 128 valence electrons. The zero-order valence-electron chi connectivity index (χ0n) is 13.0. The third-order valence-electron chi connectivity index (χ3n) is 3.12. The van der Waals surface area contributed by atoms with Crippen molar-refractivity contribution in [1.82, 2.24) is 0 Å². The summed E-state index contributed by atoms with van der Waals surface area (Å²) in [6.07, 6.45) is -4.50. The van der Waals surface area contributed by atoms with Gasteiger partial charge < -0.3 is 10.1 Å². The number of hydrogen-bond donors (Lipinski definition) is 1. The molecule has 24 heavy (non-hydrogen) atoms. The number of anilines is 1. The van der Waals surface area contributed by atoms with Gasteiger partial charge in [0.2, 0.25) is 0 Å². The molecule has 0 aliphatic heterocycles. The number of alkyl halides is 3. The van der Waals surface area contributed by atoms with Crippen molar-refractivity contribution in [1.29, 1.82) is 0 Å². The van der Waals surface area contributed by atoms with Gasteiger partial charge in [0.25, 0.3) is 5.91 Å². The van der Waals surface area contributed by atoms with E-state index in [1.54, 1.807) is 12.1 Å². The van der Waals surface area contributed by atoms with Gasteiger partial charge in [0.15, 0.2) is 6.61 Å². The average Bonchev–Trinajstić information content (AvgIpc) is 2.45. The summed E-state index contributed by atoms with van der Waals surface area (Å²) in [7, 11) is 0. The summed E-state index contributed by atoms with van der Waals surface area (Å²) < 4.78 is 43.8. The Labute approximate surface area is 146 Å². The van der Waals surface area contributed by atoms with Crippen LogP contribution in [0.1, 0.15) is 16.7 Å². The Hall–Kier alpha value is -2.02. The maximum atomic E-state index is 12.8. The van der Waals surface area contributed by atoms with Crippen LogP contribution in [0.3, 0.4) is 0 Å². The van der Waals surface area contributed by atoms with Crippen LogP contribution in [-0.2, 0) is 11.0 Å². The van der Waals surface area contributed by atoms with E-state index in [9.17, 15) is 18.0 Å². The molecule has 0 heterocycles. The van der Waals surface area contributed by atoms with Gasteiger partial charge in [-0.15, -0.1) is 0 Å². The van der Waals surface area contributed by atoms with Crippen molar-refractivity contribution in [3.8, 4) is 5.75 Å². The van der Waals surface area contributed by atoms with Gasteiger partial charge in [-0.3, -0.25) is 4.79 Å². The highest BCUT2D eigenvalue weighted by atomic mass is 79.9. The monoisotopic (exact) mass is 401 g/mol. The minimum atomic E-state index is -4.50. The predicted octanol–water partition coefficient (Wildman–Crippen LogP) is 5.10. The van der Waals surface area contributed by atoms with Crippen LogP contribution in [0.4, 0.5) is 18.9 Å². The van der Waals surface area contributed by atoms with Gasteiger partial charge in [-0.2, -0.15) is 13.2 Å². The van der Waals surface area contributed by atoms with Crippen LogP contribution in [0.15, 0.2) is 40.9 Å². The number of hydrogen-bond acceptors (Lipinski definition) is 2. The molecule has 0 saturated carbocycles. The second-order valence-corrected chi connectivity index (χ2v) is 6.21. The van der Waals surface area contributed by atoms with Crippen molar-refractivity contribution < 1.29 is 22.7 Å². The number of rotatable bonds is 4. The topological polar surface area (TPSA) is 38.3 Å². The minimum Gasteiger partial charge on any atom is -0.484 e. The smallest absolute Gasteiger partial charge is 0.417 e. The standard InChI is InChI=1S/C17H15BrF3NO2/c1-10-5-11(2)7-13(6-10)24-9-16(23)22-12-3-4-15(18)14(8-12)17(19,20)21/h3-8H,9H2,1-2H3,(H,22,23). The maximum Gasteiger partial charge on any atom is 0.417 e. The van der Waals surface area contributed by atoms with Crippen LogP contribution in [0.25, 0.3) is 0 Å². The Morgan fingerprint density at radius 1 is 1.12 bits per heavy atom. The fourth-order valence-corrected chi connectivity index (χ4v) is 2.65. The van der Waals surface area contributed by atoms with E-state index < -0.39 is 17.6 Å². The minimum absolute atomic E-state index is 0.0551. The molecule has 0 aliphatic carbocycles. The molecule has 2 aromatic rings. The molecule has 2 aromatic carbocycles. The number of carbonyl (C=O) groups is 1. The van der Waals surface area contributed by atoms with E-state index >= 15 is 0 Å². The molecule has 0 spiro atoms. The molecule has 0 aliphatic rings. The number of halogens is 4. The molecule has 0 fully saturated rings. The molecular weight excluding hydrogens is 387 g/mol. The predicted molar refractivity (Wildman–Crippen MR) is 89.2 cm³/mol. The Morgan fingerprint density at radius 2 is 1.75 bits per heavy atom.